The highest BCUT2D eigenvalue weighted by Crippen LogP contribution is 2.49. The van der Waals surface area contributed by atoms with Crippen molar-refractivity contribution in [2.24, 2.45) is 35.5 Å². The Labute approximate surface area is 334 Å². The molecule has 2 unspecified atom stereocenters. The Bertz CT molecular complexity index is 1450. The first-order valence-corrected chi connectivity index (χ1v) is 21.7. The predicted octanol–water partition coefficient (Wildman–Crippen LogP) is 8.93. The molecule has 0 spiro atoms. The van der Waals surface area contributed by atoms with Gasteiger partial charge in [0.15, 0.2) is 0 Å². The lowest BCUT2D eigenvalue weighted by atomic mass is 9.58. The van der Waals surface area contributed by atoms with Crippen LogP contribution < -0.4 is 14.7 Å². The molecule has 3 aromatic rings. The first-order valence-electron chi connectivity index (χ1n) is 21.7. The summed E-state index contributed by atoms with van der Waals surface area (Å²) in [5, 5.41) is 0. The molecule has 1 saturated carbocycles. The summed E-state index contributed by atoms with van der Waals surface area (Å²) < 4.78 is 0. The lowest BCUT2D eigenvalue weighted by Gasteiger charge is -2.55. The van der Waals surface area contributed by atoms with E-state index in [0.717, 1.165) is 106 Å². The Balaban J connectivity index is 0.000000158. The quantitative estimate of drug-likeness (QED) is 0.211. The van der Waals surface area contributed by atoms with Crippen molar-refractivity contribution in [2.75, 3.05) is 67.1 Å². The summed E-state index contributed by atoms with van der Waals surface area (Å²) in [6, 6.07) is 0.636. The molecule has 1 aliphatic carbocycles. The average Bonchev–Trinajstić information content (AvgIpc) is 3.18. The van der Waals surface area contributed by atoms with Gasteiger partial charge >= 0.3 is 0 Å². The zero-order valence-corrected chi connectivity index (χ0v) is 36.5. The van der Waals surface area contributed by atoms with Gasteiger partial charge in [0.2, 0.25) is 17.8 Å². The standard InChI is InChI=1S/C16H25N3.C15H25N3.C14H24N4/c1-10(2)14-6-17-16(18-7-14)19-8-12-5-13(9-19)15(12)11(3)4;1-11(2)13-5-7-18(8-6-13)15-16-9-14(10-17-15)12(3)4;1-11(2)13-9-15-14(16-10-13)18-7-5-17(6-8-18)12(3)4/h6-7,10-13,15H,5,8-9H2,1-4H3;9-13H,5-8H2,1-4H3;9-12H,5-8H2,1-4H3. The SMILES string of the molecule is CC(C)c1cnc(N2CC3CC(C2)C3C(C)C)nc1.CC(C)c1cnc(N2CCC(C(C)C)CC2)nc1.CC(C)c1cnc(N2CCN(C(C)C)CC2)nc1. The van der Waals surface area contributed by atoms with Gasteiger partial charge in [0.25, 0.3) is 0 Å². The van der Waals surface area contributed by atoms with E-state index in [9.17, 15) is 0 Å². The maximum absolute atomic E-state index is 4.56. The lowest BCUT2D eigenvalue weighted by molar-refractivity contribution is 0.0114. The van der Waals surface area contributed by atoms with Gasteiger partial charge in [-0.15, -0.1) is 0 Å². The molecule has 304 valence electrons. The minimum atomic E-state index is 0.497. The fourth-order valence-corrected chi connectivity index (χ4v) is 8.76. The maximum atomic E-state index is 4.56. The molecule has 0 radical (unpaired) electrons. The van der Waals surface area contributed by atoms with Crippen LogP contribution in [-0.4, -0.2) is 93.2 Å². The third kappa shape index (κ3) is 11.4. The number of hydrogen-bond acceptors (Lipinski definition) is 10. The van der Waals surface area contributed by atoms with E-state index >= 15 is 0 Å². The third-order valence-corrected chi connectivity index (χ3v) is 12.7. The van der Waals surface area contributed by atoms with Crippen LogP contribution in [0.4, 0.5) is 17.8 Å². The van der Waals surface area contributed by atoms with Gasteiger partial charge in [-0.25, -0.2) is 29.9 Å². The summed E-state index contributed by atoms with van der Waals surface area (Å²) in [5.74, 6) is 9.40. The smallest absolute Gasteiger partial charge is 0.225 e. The Morgan fingerprint density at radius 3 is 1.15 bits per heavy atom. The van der Waals surface area contributed by atoms with Crippen LogP contribution >= 0.6 is 0 Å². The Morgan fingerprint density at radius 1 is 0.455 bits per heavy atom. The van der Waals surface area contributed by atoms with Gasteiger partial charge in [0, 0.05) is 95.6 Å². The van der Waals surface area contributed by atoms with Crippen LogP contribution in [0.15, 0.2) is 37.2 Å². The number of hydrogen-bond donors (Lipinski definition) is 0. The van der Waals surface area contributed by atoms with E-state index in [0.29, 0.717) is 23.8 Å². The van der Waals surface area contributed by atoms with Crippen LogP contribution in [0.5, 0.6) is 0 Å². The van der Waals surface area contributed by atoms with Gasteiger partial charge in [0.1, 0.15) is 0 Å². The van der Waals surface area contributed by atoms with E-state index < -0.39 is 0 Å². The molecule has 2 atom stereocenters. The van der Waals surface area contributed by atoms with Crippen molar-refractivity contribution < 1.29 is 0 Å². The molecule has 10 heteroatoms. The van der Waals surface area contributed by atoms with E-state index in [4.69, 9.17) is 0 Å². The van der Waals surface area contributed by atoms with Crippen LogP contribution in [0.2, 0.25) is 0 Å². The molecule has 7 heterocycles. The van der Waals surface area contributed by atoms with E-state index in [2.05, 4.69) is 133 Å². The van der Waals surface area contributed by atoms with Crippen LogP contribution in [0, 0.1) is 35.5 Å². The fourth-order valence-electron chi connectivity index (χ4n) is 8.76. The Kier molecular flexibility index (Phi) is 15.3. The minimum Gasteiger partial charge on any atom is -0.341 e. The first-order chi connectivity index (χ1) is 26.2. The van der Waals surface area contributed by atoms with Crippen molar-refractivity contribution in [2.45, 2.75) is 126 Å². The van der Waals surface area contributed by atoms with Crippen LogP contribution in [0.25, 0.3) is 0 Å². The van der Waals surface area contributed by atoms with E-state index in [1.807, 2.05) is 37.2 Å². The zero-order chi connectivity index (χ0) is 39.8. The highest BCUT2D eigenvalue weighted by atomic mass is 15.3. The molecule has 2 bridgehead atoms. The van der Waals surface area contributed by atoms with Gasteiger partial charge in [-0.1, -0.05) is 69.2 Å². The van der Waals surface area contributed by atoms with Gasteiger partial charge in [-0.05, 0) is 103 Å². The second kappa shape index (κ2) is 19.6. The molecular weight excluding hydrogens is 681 g/mol. The lowest BCUT2D eigenvalue weighted by Crippen LogP contribution is -2.57. The molecule has 0 aromatic carbocycles. The van der Waals surface area contributed by atoms with Gasteiger partial charge < -0.3 is 14.7 Å². The summed E-state index contributed by atoms with van der Waals surface area (Å²) >= 11 is 0. The van der Waals surface area contributed by atoms with Crippen molar-refractivity contribution in [1.29, 1.82) is 0 Å². The molecule has 0 N–H and O–H groups in total. The maximum Gasteiger partial charge on any atom is 0.225 e. The second-order valence-electron chi connectivity index (χ2n) is 18.6. The fraction of sp³-hybridized carbons (Fsp3) is 0.733. The van der Waals surface area contributed by atoms with Crippen LogP contribution in [-0.2, 0) is 0 Å². The molecule has 4 aliphatic heterocycles. The van der Waals surface area contributed by atoms with E-state index in [1.165, 1.54) is 36.0 Å². The number of piperidine rings is 3. The van der Waals surface area contributed by atoms with Crippen molar-refractivity contribution in [3.8, 4) is 0 Å². The summed E-state index contributed by atoms with van der Waals surface area (Å²) in [5.41, 5.74) is 3.65. The molecule has 4 saturated heterocycles. The number of fused-ring (bicyclic) bond motifs is 2. The second-order valence-corrected chi connectivity index (χ2v) is 18.6. The highest BCUT2D eigenvalue weighted by molar-refractivity contribution is 5.34. The number of rotatable bonds is 9. The van der Waals surface area contributed by atoms with Crippen molar-refractivity contribution in [3.63, 3.8) is 0 Å². The average molecular weight is 755 g/mol. The highest BCUT2D eigenvalue weighted by Gasteiger charge is 2.48. The van der Waals surface area contributed by atoms with Crippen molar-refractivity contribution in [3.05, 3.63) is 53.9 Å². The van der Waals surface area contributed by atoms with Crippen LogP contribution in [0.1, 0.15) is 137 Å². The Hall–Kier alpha value is -3.40. The predicted molar refractivity (Wildman–Crippen MR) is 229 cm³/mol. The summed E-state index contributed by atoms with van der Waals surface area (Å²) in [7, 11) is 0. The number of piperazine rings is 1. The first kappa shape index (κ1) is 42.7. The van der Waals surface area contributed by atoms with Gasteiger partial charge in [-0.3, -0.25) is 4.90 Å². The number of anilines is 3. The van der Waals surface area contributed by atoms with Gasteiger partial charge in [0.05, 0.1) is 0 Å². The topological polar surface area (TPSA) is 90.3 Å². The van der Waals surface area contributed by atoms with E-state index in [-0.39, 0.29) is 0 Å². The zero-order valence-electron chi connectivity index (χ0n) is 36.5. The molecule has 8 rings (SSSR count). The monoisotopic (exact) mass is 755 g/mol. The molecule has 5 aliphatic rings. The minimum absolute atomic E-state index is 0.497. The molecule has 3 aromatic heterocycles. The van der Waals surface area contributed by atoms with Crippen molar-refractivity contribution >= 4 is 17.8 Å². The summed E-state index contributed by atoms with van der Waals surface area (Å²) in [6.45, 7) is 35.7. The third-order valence-electron chi connectivity index (χ3n) is 12.7. The van der Waals surface area contributed by atoms with Crippen LogP contribution in [0.3, 0.4) is 0 Å². The number of nitrogens with zero attached hydrogens (tertiary/aromatic N) is 10. The van der Waals surface area contributed by atoms with E-state index in [1.54, 1.807) is 0 Å². The summed E-state index contributed by atoms with van der Waals surface area (Å²) in [4.78, 5) is 36.6. The molecule has 55 heavy (non-hydrogen) atoms. The number of aromatic nitrogens is 6. The normalized spacial score (nSPS) is 21.9. The molecule has 10 nitrogen and oxygen atoms in total. The largest absolute Gasteiger partial charge is 0.341 e. The van der Waals surface area contributed by atoms with Crippen molar-refractivity contribution in [1.82, 2.24) is 34.8 Å². The molecular formula is C45H74N10. The molecule has 0 amide bonds. The summed E-state index contributed by atoms with van der Waals surface area (Å²) in [6.07, 6.45) is 15.8. The Morgan fingerprint density at radius 2 is 0.818 bits per heavy atom. The van der Waals surface area contributed by atoms with Gasteiger partial charge in [-0.2, -0.15) is 0 Å². The molecule has 5 fully saturated rings.